The van der Waals surface area contributed by atoms with Gasteiger partial charge in [-0.05, 0) is 5.56 Å². The van der Waals surface area contributed by atoms with Gasteiger partial charge in [0.2, 0.25) is 0 Å². The van der Waals surface area contributed by atoms with E-state index >= 15 is 0 Å². The molecule has 1 aromatic rings. The number of rotatable bonds is 3. The fourth-order valence-corrected chi connectivity index (χ4v) is 1.20. The Morgan fingerprint density at radius 2 is 1.71 bits per heavy atom. The van der Waals surface area contributed by atoms with Gasteiger partial charge < -0.3 is 5.73 Å². The fourth-order valence-electron chi connectivity index (χ4n) is 1.20. The van der Waals surface area contributed by atoms with Gasteiger partial charge >= 0.3 is 0 Å². The van der Waals surface area contributed by atoms with Crippen molar-refractivity contribution in [3.8, 4) is 0 Å². The first-order valence-electron chi connectivity index (χ1n) is 4.56. The lowest BCUT2D eigenvalue weighted by molar-refractivity contribution is 0.151. The molecule has 0 saturated carbocycles. The van der Waals surface area contributed by atoms with Crippen LogP contribution in [0.5, 0.6) is 0 Å². The van der Waals surface area contributed by atoms with Gasteiger partial charge in [-0.1, -0.05) is 38.1 Å². The molecular weight excluding hydrogens is 184 g/mol. The predicted molar refractivity (Wildman–Crippen MR) is 53.5 cm³/mol. The molecule has 0 aliphatic rings. The zero-order valence-corrected chi connectivity index (χ0v) is 8.43. The van der Waals surface area contributed by atoms with E-state index in [0.29, 0.717) is 6.54 Å². The average Bonchev–Trinajstić information content (AvgIpc) is 2.18. The van der Waals surface area contributed by atoms with Crippen LogP contribution in [0.25, 0.3) is 0 Å². The van der Waals surface area contributed by atoms with Crippen LogP contribution in [0.2, 0.25) is 0 Å². The van der Waals surface area contributed by atoms with Crippen molar-refractivity contribution in [2.45, 2.75) is 25.7 Å². The zero-order chi connectivity index (χ0) is 10.8. The molecule has 0 unspecified atom stereocenters. The third-order valence-electron chi connectivity index (χ3n) is 2.45. The van der Waals surface area contributed by atoms with E-state index < -0.39 is 6.43 Å². The molecule has 0 atom stereocenters. The van der Waals surface area contributed by atoms with Gasteiger partial charge in [-0.15, -0.1) is 0 Å². The van der Waals surface area contributed by atoms with Gasteiger partial charge in [0.05, 0.1) is 0 Å². The first kappa shape index (κ1) is 11.1. The second kappa shape index (κ2) is 4.05. The van der Waals surface area contributed by atoms with E-state index in [1.54, 1.807) is 12.1 Å². The molecule has 0 heterocycles. The van der Waals surface area contributed by atoms with Crippen LogP contribution >= 0.6 is 0 Å². The molecule has 0 amide bonds. The van der Waals surface area contributed by atoms with Crippen molar-refractivity contribution >= 4 is 0 Å². The summed E-state index contributed by atoms with van der Waals surface area (Å²) in [6, 6.07) is 6.34. The Bertz CT molecular complexity index is 291. The zero-order valence-electron chi connectivity index (χ0n) is 8.43. The SMILES string of the molecule is CC(C)(CN)c1ccc(C(F)F)cc1. The molecule has 0 aliphatic heterocycles. The van der Waals surface area contributed by atoms with E-state index in [4.69, 9.17) is 5.73 Å². The van der Waals surface area contributed by atoms with Crippen LogP contribution in [0.4, 0.5) is 8.78 Å². The van der Waals surface area contributed by atoms with E-state index in [1.807, 2.05) is 13.8 Å². The Morgan fingerprint density at radius 1 is 1.21 bits per heavy atom. The van der Waals surface area contributed by atoms with Crippen LogP contribution in [-0.4, -0.2) is 6.54 Å². The summed E-state index contributed by atoms with van der Waals surface area (Å²) in [5, 5.41) is 0. The number of halogens is 2. The Labute approximate surface area is 82.9 Å². The summed E-state index contributed by atoms with van der Waals surface area (Å²) in [5.41, 5.74) is 6.48. The summed E-state index contributed by atoms with van der Waals surface area (Å²) < 4.78 is 24.5. The summed E-state index contributed by atoms with van der Waals surface area (Å²) in [7, 11) is 0. The fraction of sp³-hybridized carbons (Fsp3) is 0.455. The molecule has 3 heteroatoms. The highest BCUT2D eigenvalue weighted by Gasteiger charge is 2.18. The minimum atomic E-state index is -2.40. The molecule has 0 aliphatic carbocycles. The second-order valence-corrected chi connectivity index (χ2v) is 4.01. The van der Waals surface area contributed by atoms with Crippen molar-refractivity contribution in [2.24, 2.45) is 5.73 Å². The highest BCUT2D eigenvalue weighted by molar-refractivity contribution is 5.28. The molecule has 2 N–H and O–H groups in total. The smallest absolute Gasteiger partial charge is 0.263 e. The van der Waals surface area contributed by atoms with E-state index in [1.165, 1.54) is 12.1 Å². The van der Waals surface area contributed by atoms with Gasteiger partial charge in [0, 0.05) is 17.5 Å². The number of hydrogen-bond acceptors (Lipinski definition) is 1. The monoisotopic (exact) mass is 199 g/mol. The molecule has 0 spiro atoms. The summed E-state index contributed by atoms with van der Waals surface area (Å²) in [5.74, 6) is 0. The molecule has 0 radical (unpaired) electrons. The summed E-state index contributed by atoms with van der Waals surface area (Å²) >= 11 is 0. The van der Waals surface area contributed by atoms with Gasteiger partial charge in [-0.3, -0.25) is 0 Å². The maximum absolute atomic E-state index is 12.3. The Kier molecular flexibility index (Phi) is 3.21. The molecule has 0 saturated heterocycles. The quantitative estimate of drug-likeness (QED) is 0.795. The standard InChI is InChI=1S/C11H15F2N/c1-11(2,7-14)9-5-3-8(4-6-9)10(12)13/h3-6,10H,7,14H2,1-2H3. The molecule has 1 nitrogen and oxygen atoms in total. The summed E-state index contributed by atoms with van der Waals surface area (Å²) in [4.78, 5) is 0. The Morgan fingerprint density at radius 3 is 2.07 bits per heavy atom. The highest BCUT2D eigenvalue weighted by Crippen LogP contribution is 2.25. The van der Waals surface area contributed by atoms with Crippen molar-refractivity contribution in [3.05, 3.63) is 35.4 Å². The maximum atomic E-state index is 12.3. The van der Waals surface area contributed by atoms with Crippen molar-refractivity contribution < 1.29 is 8.78 Å². The number of alkyl halides is 2. The topological polar surface area (TPSA) is 26.0 Å². The lowest BCUT2D eigenvalue weighted by Crippen LogP contribution is -2.27. The van der Waals surface area contributed by atoms with E-state index in [2.05, 4.69) is 0 Å². The molecule has 0 fully saturated rings. The third kappa shape index (κ3) is 2.29. The summed E-state index contributed by atoms with van der Waals surface area (Å²) in [6.07, 6.45) is -2.40. The highest BCUT2D eigenvalue weighted by atomic mass is 19.3. The normalized spacial score (nSPS) is 12.1. The van der Waals surface area contributed by atoms with Crippen LogP contribution in [0.1, 0.15) is 31.4 Å². The van der Waals surface area contributed by atoms with Crippen molar-refractivity contribution in [1.29, 1.82) is 0 Å². The van der Waals surface area contributed by atoms with Gasteiger partial charge in [-0.25, -0.2) is 8.78 Å². The number of nitrogens with two attached hydrogens (primary N) is 1. The first-order valence-corrected chi connectivity index (χ1v) is 4.56. The van der Waals surface area contributed by atoms with Gasteiger partial charge in [0.15, 0.2) is 0 Å². The van der Waals surface area contributed by atoms with Crippen LogP contribution in [0, 0.1) is 0 Å². The molecular formula is C11H15F2N. The predicted octanol–water partition coefficient (Wildman–Crippen LogP) is 2.86. The number of hydrogen-bond donors (Lipinski definition) is 1. The first-order chi connectivity index (χ1) is 6.47. The molecule has 0 bridgehead atoms. The second-order valence-electron chi connectivity index (χ2n) is 4.01. The minimum absolute atomic E-state index is 0.0570. The van der Waals surface area contributed by atoms with Crippen LogP contribution in [0.3, 0.4) is 0 Å². The number of benzene rings is 1. The van der Waals surface area contributed by atoms with Gasteiger partial charge in [0.1, 0.15) is 0 Å². The Hall–Kier alpha value is -0.960. The Balaban J connectivity index is 2.94. The molecule has 1 rings (SSSR count). The van der Waals surface area contributed by atoms with E-state index in [9.17, 15) is 8.78 Å². The molecule has 1 aromatic carbocycles. The van der Waals surface area contributed by atoms with Gasteiger partial charge in [0.25, 0.3) is 6.43 Å². The molecule has 14 heavy (non-hydrogen) atoms. The van der Waals surface area contributed by atoms with Crippen LogP contribution in [0.15, 0.2) is 24.3 Å². The minimum Gasteiger partial charge on any atom is -0.330 e. The largest absolute Gasteiger partial charge is 0.330 e. The maximum Gasteiger partial charge on any atom is 0.263 e. The lowest BCUT2D eigenvalue weighted by Gasteiger charge is -2.23. The van der Waals surface area contributed by atoms with E-state index in [0.717, 1.165) is 5.56 Å². The molecule has 78 valence electrons. The van der Waals surface area contributed by atoms with Gasteiger partial charge in [-0.2, -0.15) is 0 Å². The van der Waals surface area contributed by atoms with Crippen molar-refractivity contribution in [3.63, 3.8) is 0 Å². The summed E-state index contributed by atoms with van der Waals surface area (Å²) in [6.45, 7) is 4.48. The third-order valence-corrected chi connectivity index (χ3v) is 2.45. The lowest BCUT2D eigenvalue weighted by atomic mass is 9.84. The molecule has 0 aromatic heterocycles. The average molecular weight is 199 g/mol. The van der Waals surface area contributed by atoms with Crippen LogP contribution in [-0.2, 0) is 5.41 Å². The van der Waals surface area contributed by atoms with Crippen molar-refractivity contribution in [2.75, 3.05) is 6.54 Å². The van der Waals surface area contributed by atoms with Crippen LogP contribution < -0.4 is 5.73 Å². The van der Waals surface area contributed by atoms with Crippen molar-refractivity contribution in [1.82, 2.24) is 0 Å². The van der Waals surface area contributed by atoms with E-state index in [-0.39, 0.29) is 11.0 Å².